The highest BCUT2D eigenvalue weighted by atomic mass is 32.2. The van der Waals surface area contributed by atoms with Crippen molar-refractivity contribution >= 4 is 10.1 Å². The normalized spacial score (nSPS) is 23.2. The molecule has 5 heteroatoms. The van der Waals surface area contributed by atoms with Crippen molar-refractivity contribution in [2.45, 2.75) is 50.2 Å². The average molecular weight is 284 g/mol. The third-order valence-electron chi connectivity index (χ3n) is 3.22. The molecule has 1 aliphatic rings. The number of hydrogen-bond acceptors (Lipinski definition) is 4. The van der Waals surface area contributed by atoms with E-state index in [0.717, 1.165) is 5.56 Å². The molecule has 19 heavy (non-hydrogen) atoms. The van der Waals surface area contributed by atoms with Crippen LogP contribution in [0.3, 0.4) is 0 Å². The fourth-order valence-electron chi connectivity index (χ4n) is 2.20. The largest absolute Gasteiger partial charge is 0.375 e. The molecule has 106 valence electrons. The van der Waals surface area contributed by atoms with Crippen LogP contribution in [0.5, 0.6) is 0 Å². The lowest BCUT2D eigenvalue weighted by atomic mass is 9.96. The van der Waals surface area contributed by atoms with Gasteiger partial charge >= 0.3 is 0 Å². The van der Waals surface area contributed by atoms with Crippen molar-refractivity contribution in [3.8, 4) is 0 Å². The van der Waals surface area contributed by atoms with Crippen molar-refractivity contribution in [3.63, 3.8) is 0 Å². The molecule has 0 amide bonds. The Bertz CT molecular complexity index is 531. The van der Waals surface area contributed by atoms with Crippen LogP contribution in [0.15, 0.2) is 29.2 Å². The molecule has 1 aliphatic heterocycles. The van der Waals surface area contributed by atoms with Crippen LogP contribution in [0.25, 0.3) is 0 Å². The average Bonchev–Trinajstić information content (AvgIpc) is 2.27. The summed E-state index contributed by atoms with van der Waals surface area (Å²) in [5.41, 5.74) is 0.692. The first-order valence-electron chi connectivity index (χ1n) is 6.42. The van der Waals surface area contributed by atoms with E-state index >= 15 is 0 Å². The van der Waals surface area contributed by atoms with Gasteiger partial charge in [-0.2, -0.15) is 8.42 Å². The van der Waals surface area contributed by atoms with Crippen molar-refractivity contribution in [3.05, 3.63) is 29.8 Å². The van der Waals surface area contributed by atoms with Crippen LogP contribution in [0.4, 0.5) is 0 Å². The van der Waals surface area contributed by atoms with Gasteiger partial charge in [0.15, 0.2) is 0 Å². The van der Waals surface area contributed by atoms with Gasteiger partial charge < -0.3 is 4.74 Å². The summed E-state index contributed by atoms with van der Waals surface area (Å²) < 4.78 is 35.2. The molecule has 0 saturated carbocycles. The summed E-state index contributed by atoms with van der Waals surface area (Å²) in [7, 11) is -3.68. The second kappa shape index (κ2) is 5.23. The zero-order chi connectivity index (χ0) is 14.1. The van der Waals surface area contributed by atoms with Gasteiger partial charge in [0, 0.05) is 13.0 Å². The number of hydrogen-bond donors (Lipinski definition) is 0. The van der Waals surface area contributed by atoms with Gasteiger partial charge in [-0.15, -0.1) is 0 Å². The van der Waals surface area contributed by atoms with E-state index in [1.165, 1.54) is 0 Å². The van der Waals surface area contributed by atoms with Crippen LogP contribution in [-0.2, 0) is 19.0 Å². The Morgan fingerprint density at radius 1 is 1.26 bits per heavy atom. The van der Waals surface area contributed by atoms with Crippen LogP contribution in [0.1, 0.15) is 32.3 Å². The number of aryl methyl sites for hydroxylation is 1. The van der Waals surface area contributed by atoms with Gasteiger partial charge in [0.1, 0.15) is 0 Å². The lowest BCUT2D eigenvalue weighted by molar-refractivity contribution is -0.0884. The van der Waals surface area contributed by atoms with Gasteiger partial charge in [-0.1, -0.05) is 17.7 Å². The van der Waals surface area contributed by atoms with E-state index in [-0.39, 0.29) is 16.6 Å². The standard InChI is InChI=1S/C14H20O4S/c1-11-4-6-13(7-5-11)19(15,16)18-12-8-9-17-14(2,3)10-12/h4-7,12H,8-10H2,1-3H3/t12-/m0/s1. The molecule has 1 aromatic carbocycles. The molecular weight excluding hydrogens is 264 g/mol. The van der Waals surface area contributed by atoms with E-state index in [9.17, 15) is 8.42 Å². The van der Waals surface area contributed by atoms with E-state index in [4.69, 9.17) is 8.92 Å². The predicted molar refractivity (Wildman–Crippen MR) is 72.5 cm³/mol. The van der Waals surface area contributed by atoms with Gasteiger partial charge in [0.25, 0.3) is 10.1 Å². The highest BCUT2D eigenvalue weighted by Crippen LogP contribution is 2.28. The summed E-state index contributed by atoms with van der Waals surface area (Å²) in [5, 5.41) is 0. The molecule has 0 aliphatic carbocycles. The highest BCUT2D eigenvalue weighted by molar-refractivity contribution is 7.86. The molecule has 0 bridgehead atoms. The fraction of sp³-hybridized carbons (Fsp3) is 0.571. The van der Waals surface area contributed by atoms with Gasteiger partial charge in [-0.3, -0.25) is 4.18 Å². The smallest absolute Gasteiger partial charge is 0.297 e. The van der Waals surface area contributed by atoms with Crippen molar-refractivity contribution in [1.82, 2.24) is 0 Å². The molecule has 0 unspecified atom stereocenters. The van der Waals surface area contributed by atoms with E-state index in [1.807, 2.05) is 20.8 Å². The first kappa shape index (κ1) is 14.5. The van der Waals surface area contributed by atoms with Crippen LogP contribution in [0, 0.1) is 6.92 Å². The minimum absolute atomic E-state index is 0.211. The number of ether oxygens (including phenoxy) is 1. The molecular formula is C14H20O4S. The summed E-state index contributed by atoms with van der Waals surface area (Å²) >= 11 is 0. The lowest BCUT2D eigenvalue weighted by Crippen LogP contribution is -2.38. The second-order valence-electron chi connectivity index (χ2n) is 5.59. The van der Waals surface area contributed by atoms with Gasteiger partial charge in [-0.05, 0) is 39.3 Å². The molecule has 0 radical (unpaired) electrons. The van der Waals surface area contributed by atoms with Gasteiger partial charge in [-0.25, -0.2) is 0 Å². The summed E-state index contributed by atoms with van der Waals surface area (Å²) in [4.78, 5) is 0.211. The van der Waals surface area contributed by atoms with Crippen LogP contribution >= 0.6 is 0 Å². The summed E-state index contributed by atoms with van der Waals surface area (Å²) in [6, 6.07) is 6.69. The summed E-state index contributed by atoms with van der Waals surface area (Å²) in [6.07, 6.45) is 0.877. The number of rotatable bonds is 3. The predicted octanol–water partition coefficient (Wildman–Crippen LogP) is 2.66. The Balaban J connectivity index is 2.11. The highest BCUT2D eigenvalue weighted by Gasteiger charge is 2.32. The maximum Gasteiger partial charge on any atom is 0.297 e. The molecule has 4 nitrogen and oxygen atoms in total. The summed E-state index contributed by atoms with van der Waals surface area (Å²) in [5.74, 6) is 0. The Labute approximate surface area is 114 Å². The first-order chi connectivity index (χ1) is 8.78. The molecule has 0 aromatic heterocycles. The third-order valence-corrected chi connectivity index (χ3v) is 4.60. The number of benzene rings is 1. The van der Waals surface area contributed by atoms with E-state index in [0.29, 0.717) is 19.4 Å². The molecule has 1 saturated heterocycles. The molecule has 0 spiro atoms. The Morgan fingerprint density at radius 3 is 2.47 bits per heavy atom. The van der Waals surface area contributed by atoms with Crippen molar-refractivity contribution in [2.75, 3.05) is 6.61 Å². The van der Waals surface area contributed by atoms with Crippen LogP contribution < -0.4 is 0 Å². The Morgan fingerprint density at radius 2 is 1.89 bits per heavy atom. The van der Waals surface area contributed by atoms with E-state index < -0.39 is 10.1 Å². The maximum atomic E-state index is 12.2. The van der Waals surface area contributed by atoms with Gasteiger partial charge in [0.05, 0.1) is 16.6 Å². The molecule has 1 heterocycles. The first-order valence-corrected chi connectivity index (χ1v) is 7.83. The van der Waals surface area contributed by atoms with Crippen LogP contribution in [0.2, 0.25) is 0 Å². The third kappa shape index (κ3) is 3.78. The fourth-order valence-corrected chi connectivity index (χ4v) is 3.30. The zero-order valence-corrected chi connectivity index (χ0v) is 12.4. The van der Waals surface area contributed by atoms with E-state index in [2.05, 4.69) is 0 Å². The Kier molecular flexibility index (Phi) is 3.99. The zero-order valence-electron chi connectivity index (χ0n) is 11.5. The topological polar surface area (TPSA) is 52.6 Å². The van der Waals surface area contributed by atoms with Crippen molar-refractivity contribution in [2.24, 2.45) is 0 Å². The Hall–Kier alpha value is -0.910. The van der Waals surface area contributed by atoms with Crippen LogP contribution in [-0.4, -0.2) is 26.7 Å². The second-order valence-corrected chi connectivity index (χ2v) is 7.16. The van der Waals surface area contributed by atoms with Crippen molar-refractivity contribution < 1.29 is 17.3 Å². The van der Waals surface area contributed by atoms with Gasteiger partial charge in [0.2, 0.25) is 0 Å². The lowest BCUT2D eigenvalue weighted by Gasteiger charge is -2.34. The maximum absolute atomic E-state index is 12.2. The SMILES string of the molecule is Cc1ccc(S(=O)(=O)O[C@H]2CCOC(C)(C)C2)cc1. The minimum atomic E-state index is -3.68. The van der Waals surface area contributed by atoms with Crippen molar-refractivity contribution in [1.29, 1.82) is 0 Å². The molecule has 1 aromatic rings. The summed E-state index contributed by atoms with van der Waals surface area (Å²) in [6.45, 7) is 6.33. The quantitative estimate of drug-likeness (QED) is 0.801. The minimum Gasteiger partial charge on any atom is -0.375 e. The monoisotopic (exact) mass is 284 g/mol. The van der Waals surface area contributed by atoms with E-state index in [1.54, 1.807) is 24.3 Å². The molecule has 2 rings (SSSR count). The molecule has 1 fully saturated rings. The molecule has 0 N–H and O–H groups in total. The molecule has 1 atom stereocenters.